The fourth-order valence-corrected chi connectivity index (χ4v) is 1.93. The van der Waals surface area contributed by atoms with E-state index in [0.717, 1.165) is 5.76 Å². The van der Waals surface area contributed by atoms with Gasteiger partial charge in [-0.25, -0.2) is 4.79 Å². The van der Waals surface area contributed by atoms with E-state index in [4.69, 9.17) is 14.3 Å². The monoisotopic (exact) mass is 326 g/mol. The smallest absolute Gasteiger partial charge is 0.407 e. The van der Waals surface area contributed by atoms with Gasteiger partial charge in [0.2, 0.25) is 0 Å². The van der Waals surface area contributed by atoms with Crippen LogP contribution in [0.1, 0.15) is 53.1 Å². The van der Waals surface area contributed by atoms with Crippen LogP contribution < -0.4 is 10.6 Å². The Morgan fingerprint density at radius 3 is 2.35 bits per heavy atom. The minimum absolute atomic E-state index is 0.109. The van der Waals surface area contributed by atoms with Crippen LogP contribution in [-0.4, -0.2) is 28.9 Å². The summed E-state index contributed by atoms with van der Waals surface area (Å²) in [5.41, 5.74) is -0.830. The van der Waals surface area contributed by atoms with Gasteiger partial charge in [-0.2, -0.15) is 0 Å². The molecule has 0 aliphatic heterocycles. The molecule has 0 saturated heterocycles. The van der Waals surface area contributed by atoms with Gasteiger partial charge in [0.05, 0.1) is 6.54 Å². The van der Waals surface area contributed by atoms with Crippen molar-refractivity contribution in [3.05, 3.63) is 23.7 Å². The van der Waals surface area contributed by atoms with Crippen molar-refractivity contribution in [1.29, 1.82) is 0 Å². The van der Waals surface area contributed by atoms with E-state index in [2.05, 4.69) is 24.5 Å². The lowest BCUT2D eigenvalue weighted by Gasteiger charge is -2.35. The van der Waals surface area contributed by atoms with Crippen LogP contribution >= 0.6 is 0 Å². The molecule has 0 saturated carbocycles. The highest BCUT2D eigenvalue weighted by atomic mass is 16.6. The third-order valence-electron chi connectivity index (χ3n) is 3.81. The lowest BCUT2D eigenvalue weighted by Crippen LogP contribution is -2.55. The number of aliphatic hydroxyl groups excluding tert-OH is 1. The summed E-state index contributed by atoms with van der Waals surface area (Å²) in [5.74, 6) is 1.57. The summed E-state index contributed by atoms with van der Waals surface area (Å²) < 4.78 is 10.7. The Labute approximate surface area is 138 Å². The van der Waals surface area contributed by atoms with Crippen LogP contribution in [0.3, 0.4) is 0 Å². The molecule has 1 aromatic rings. The first-order valence-corrected chi connectivity index (χ1v) is 7.96. The van der Waals surface area contributed by atoms with Crippen LogP contribution in [0.5, 0.6) is 0 Å². The summed E-state index contributed by atoms with van der Waals surface area (Å²) in [6.45, 7) is 12.6. The summed E-state index contributed by atoms with van der Waals surface area (Å²) >= 11 is 0. The second kappa shape index (κ2) is 7.84. The number of ether oxygens (including phenoxy) is 1. The van der Waals surface area contributed by atoms with Crippen molar-refractivity contribution in [3.8, 4) is 0 Å². The maximum atomic E-state index is 11.8. The van der Waals surface area contributed by atoms with E-state index in [1.165, 1.54) is 0 Å². The molecule has 0 spiro atoms. The molecule has 0 aromatic carbocycles. The third-order valence-corrected chi connectivity index (χ3v) is 3.81. The number of carbonyl (C=O) groups excluding carboxylic acids is 1. The van der Waals surface area contributed by atoms with Crippen molar-refractivity contribution in [2.24, 2.45) is 5.92 Å². The predicted molar refractivity (Wildman–Crippen MR) is 89.0 cm³/mol. The second-order valence-corrected chi connectivity index (χ2v) is 7.31. The van der Waals surface area contributed by atoms with Crippen molar-refractivity contribution < 1.29 is 19.1 Å². The van der Waals surface area contributed by atoms with Crippen molar-refractivity contribution in [2.75, 3.05) is 6.54 Å². The molecule has 3 N–H and O–H groups in total. The number of nitrogens with one attached hydrogen (secondary N) is 2. The quantitative estimate of drug-likeness (QED) is 0.717. The number of hydrogen-bond donors (Lipinski definition) is 3. The molecule has 1 amide bonds. The third kappa shape index (κ3) is 6.62. The number of amides is 1. The van der Waals surface area contributed by atoms with Gasteiger partial charge < -0.3 is 24.9 Å². The number of furan rings is 1. The molecule has 1 heterocycles. The Kier molecular flexibility index (Phi) is 6.65. The van der Waals surface area contributed by atoms with E-state index < -0.39 is 11.7 Å². The van der Waals surface area contributed by atoms with Crippen LogP contribution in [0.4, 0.5) is 4.79 Å². The average Bonchev–Trinajstić information content (AvgIpc) is 2.89. The molecule has 23 heavy (non-hydrogen) atoms. The zero-order chi connectivity index (χ0) is 17.7. The topological polar surface area (TPSA) is 83.7 Å². The highest BCUT2D eigenvalue weighted by Crippen LogP contribution is 2.18. The SMILES string of the molecule is CC(C)C(C)(CNC(=O)OC(C)(C)C)NCc1ccc(CO)o1. The molecule has 0 aliphatic rings. The lowest BCUT2D eigenvalue weighted by molar-refractivity contribution is 0.0502. The van der Waals surface area contributed by atoms with Gasteiger partial charge in [0.25, 0.3) is 0 Å². The zero-order valence-corrected chi connectivity index (χ0v) is 15.0. The van der Waals surface area contributed by atoms with Crippen LogP contribution in [0.2, 0.25) is 0 Å². The largest absolute Gasteiger partial charge is 0.462 e. The van der Waals surface area contributed by atoms with Crippen LogP contribution in [0.15, 0.2) is 16.5 Å². The maximum Gasteiger partial charge on any atom is 0.407 e. The summed E-state index contributed by atoms with van der Waals surface area (Å²) in [5, 5.41) is 15.3. The molecule has 1 atom stereocenters. The molecule has 132 valence electrons. The Hall–Kier alpha value is -1.53. The first kappa shape index (κ1) is 19.5. The van der Waals surface area contributed by atoms with Crippen LogP contribution in [-0.2, 0) is 17.9 Å². The number of carbonyl (C=O) groups is 1. The number of rotatable bonds is 7. The molecule has 6 heteroatoms. The van der Waals surface area contributed by atoms with E-state index in [1.54, 1.807) is 6.07 Å². The van der Waals surface area contributed by atoms with Crippen molar-refractivity contribution in [2.45, 2.75) is 65.8 Å². The second-order valence-electron chi connectivity index (χ2n) is 7.31. The van der Waals surface area contributed by atoms with Crippen molar-refractivity contribution >= 4 is 6.09 Å². The number of alkyl carbamates (subject to hydrolysis) is 1. The zero-order valence-electron chi connectivity index (χ0n) is 15.0. The van der Waals surface area contributed by atoms with Gasteiger partial charge in [0.1, 0.15) is 23.7 Å². The Balaban J connectivity index is 2.58. The highest BCUT2D eigenvalue weighted by molar-refractivity contribution is 5.67. The molecular formula is C17H30N2O4. The first-order chi connectivity index (χ1) is 10.6. The van der Waals surface area contributed by atoms with E-state index >= 15 is 0 Å². The molecule has 1 rings (SSSR count). The van der Waals surface area contributed by atoms with E-state index in [0.29, 0.717) is 18.8 Å². The Morgan fingerprint density at radius 2 is 1.87 bits per heavy atom. The highest BCUT2D eigenvalue weighted by Gasteiger charge is 2.29. The summed E-state index contributed by atoms with van der Waals surface area (Å²) in [6, 6.07) is 3.59. The first-order valence-electron chi connectivity index (χ1n) is 7.96. The molecule has 0 aliphatic carbocycles. The van der Waals surface area contributed by atoms with Crippen molar-refractivity contribution in [3.63, 3.8) is 0 Å². The number of aliphatic hydroxyl groups is 1. The van der Waals surface area contributed by atoms with E-state index in [1.807, 2.05) is 33.8 Å². The molecular weight excluding hydrogens is 296 g/mol. The molecule has 6 nitrogen and oxygen atoms in total. The van der Waals surface area contributed by atoms with Crippen molar-refractivity contribution in [1.82, 2.24) is 10.6 Å². The van der Waals surface area contributed by atoms with Crippen LogP contribution in [0.25, 0.3) is 0 Å². The standard InChI is InChI=1S/C17H30N2O4/c1-12(2)17(6,11-18-15(21)23-16(3,4)5)19-9-13-7-8-14(10-20)22-13/h7-8,12,19-20H,9-11H2,1-6H3,(H,18,21). The lowest BCUT2D eigenvalue weighted by atomic mass is 9.88. The van der Waals surface area contributed by atoms with E-state index in [-0.39, 0.29) is 18.1 Å². The summed E-state index contributed by atoms with van der Waals surface area (Å²) in [4.78, 5) is 11.8. The van der Waals surface area contributed by atoms with Gasteiger partial charge in [-0.3, -0.25) is 0 Å². The molecule has 0 radical (unpaired) electrons. The van der Waals surface area contributed by atoms with Gasteiger partial charge in [-0.15, -0.1) is 0 Å². The predicted octanol–water partition coefficient (Wildman–Crippen LogP) is 2.80. The molecule has 1 unspecified atom stereocenters. The van der Waals surface area contributed by atoms with Gasteiger partial charge in [-0.1, -0.05) is 13.8 Å². The van der Waals surface area contributed by atoms with Gasteiger partial charge in [-0.05, 0) is 45.7 Å². The molecule has 0 fully saturated rings. The van der Waals surface area contributed by atoms with Gasteiger partial charge in [0.15, 0.2) is 0 Å². The Bertz CT molecular complexity index is 505. The summed E-state index contributed by atoms with van der Waals surface area (Å²) in [6.07, 6.45) is -0.424. The minimum atomic E-state index is -0.513. The number of hydrogen-bond acceptors (Lipinski definition) is 5. The summed E-state index contributed by atoms with van der Waals surface area (Å²) in [7, 11) is 0. The maximum absolute atomic E-state index is 11.8. The van der Waals surface area contributed by atoms with Gasteiger partial charge in [0, 0.05) is 12.1 Å². The Morgan fingerprint density at radius 1 is 1.26 bits per heavy atom. The minimum Gasteiger partial charge on any atom is -0.462 e. The fraction of sp³-hybridized carbons (Fsp3) is 0.706. The molecule has 1 aromatic heterocycles. The van der Waals surface area contributed by atoms with Crippen LogP contribution in [0, 0.1) is 5.92 Å². The van der Waals surface area contributed by atoms with Gasteiger partial charge >= 0.3 is 6.09 Å². The fourth-order valence-electron chi connectivity index (χ4n) is 1.93. The molecule has 0 bridgehead atoms. The average molecular weight is 326 g/mol. The normalized spacial score (nSPS) is 14.6. The van der Waals surface area contributed by atoms with E-state index in [9.17, 15) is 4.79 Å².